The number of hydrogen-bond acceptors (Lipinski definition) is 6. The van der Waals surface area contributed by atoms with E-state index in [9.17, 15) is 19.8 Å². The van der Waals surface area contributed by atoms with Gasteiger partial charge < -0.3 is 19.7 Å². The largest absolute Gasteiger partial charge is 0.497 e. The molecule has 10 nitrogen and oxygen atoms in total. The third kappa shape index (κ3) is 3.51. The van der Waals surface area contributed by atoms with Crippen LogP contribution in [-0.2, 0) is 4.79 Å². The van der Waals surface area contributed by atoms with Gasteiger partial charge in [0.25, 0.3) is 0 Å². The first-order valence-electron chi connectivity index (χ1n) is 8.84. The summed E-state index contributed by atoms with van der Waals surface area (Å²) in [6.45, 7) is -0.0383. The lowest BCUT2D eigenvalue weighted by atomic mass is 10.1. The van der Waals surface area contributed by atoms with Crippen LogP contribution < -0.4 is 9.47 Å². The standard InChI is InChI=1S/C19H18N4O6/c1-28-11-3-4-13-14(7-11)21-17(23-6-2-5-20-23)9-16(13)29-12-8-15(18(24)25)22(10-12)19(26)27/h2-7,9,12,15H,8,10H2,1H3,(H,24,25)(H,26,27)/t12?,15-/m1/s1. The van der Waals surface area contributed by atoms with E-state index in [0.717, 1.165) is 4.90 Å². The molecule has 2 atom stereocenters. The van der Waals surface area contributed by atoms with E-state index < -0.39 is 24.2 Å². The minimum absolute atomic E-state index is 0.0383. The summed E-state index contributed by atoms with van der Waals surface area (Å²) in [5, 5.41) is 23.5. The number of amides is 1. The summed E-state index contributed by atoms with van der Waals surface area (Å²) in [5.41, 5.74) is 0.607. The predicted octanol–water partition coefficient (Wildman–Crippen LogP) is 2.01. The van der Waals surface area contributed by atoms with Crippen LogP contribution in [0.2, 0.25) is 0 Å². The summed E-state index contributed by atoms with van der Waals surface area (Å²) in [7, 11) is 1.56. The number of likely N-dealkylation sites (tertiary alicyclic amines) is 1. The number of fused-ring (bicyclic) bond motifs is 1. The van der Waals surface area contributed by atoms with Crippen molar-refractivity contribution >= 4 is 23.0 Å². The van der Waals surface area contributed by atoms with Crippen molar-refractivity contribution in [2.75, 3.05) is 13.7 Å². The summed E-state index contributed by atoms with van der Waals surface area (Å²) < 4.78 is 12.9. The summed E-state index contributed by atoms with van der Waals surface area (Å²) >= 11 is 0. The zero-order valence-electron chi connectivity index (χ0n) is 15.4. The minimum Gasteiger partial charge on any atom is -0.497 e. The van der Waals surface area contributed by atoms with Crippen LogP contribution in [0, 0.1) is 0 Å². The van der Waals surface area contributed by atoms with Crippen LogP contribution in [0.3, 0.4) is 0 Å². The Labute approximate surface area is 164 Å². The number of ether oxygens (including phenoxy) is 2. The second-order valence-corrected chi connectivity index (χ2v) is 6.58. The number of carbonyl (C=O) groups is 2. The minimum atomic E-state index is -1.29. The third-order valence-electron chi connectivity index (χ3n) is 4.79. The molecule has 2 aromatic heterocycles. The Balaban J connectivity index is 1.73. The quantitative estimate of drug-likeness (QED) is 0.668. The van der Waals surface area contributed by atoms with E-state index in [2.05, 4.69) is 10.1 Å². The van der Waals surface area contributed by atoms with Crippen molar-refractivity contribution in [3.63, 3.8) is 0 Å². The highest BCUT2D eigenvalue weighted by Crippen LogP contribution is 2.32. The lowest BCUT2D eigenvalue weighted by molar-refractivity contribution is -0.141. The van der Waals surface area contributed by atoms with E-state index >= 15 is 0 Å². The van der Waals surface area contributed by atoms with Crippen LogP contribution in [0.25, 0.3) is 16.7 Å². The number of carboxylic acids is 1. The molecule has 10 heteroatoms. The molecule has 150 valence electrons. The Morgan fingerprint density at radius 2 is 2.07 bits per heavy atom. The molecule has 2 N–H and O–H groups in total. The van der Waals surface area contributed by atoms with Crippen LogP contribution >= 0.6 is 0 Å². The maximum Gasteiger partial charge on any atom is 0.408 e. The zero-order chi connectivity index (χ0) is 20.5. The van der Waals surface area contributed by atoms with Crippen molar-refractivity contribution < 1.29 is 29.3 Å². The zero-order valence-corrected chi connectivity index (χ0v) is 15.4. The molecular weight excluding hydrogens is 380 g/mol. The maximum atomic E-state index is 11.4. The molecule has 1 aromatic carbocycles. The summed E-state index contributed by atoms with van der Waals surface area (Å²) in [5.74, 6) is 0.399. The number of pyridine rings is 1. The number of methoxy groups -OCH3 is 1. The highest BCUT2D eigenvalue weighted by molar-refractivity contribution is 5.87. The fourth-order valence-corrected chi connectivity index (χ4v) is 3.42. The smallest absolute Gasteiger partial charge is 0.408 e. The maximum absolute atomic E-state index is 11.4. The molecule has 3 aromatic rings. The third-order valence-corrected chi connectivity index (χ3v) is 4.79. The molecular formula is C19H18N4O6. The van der Waals surface area contributed by atoms with Crippen LogP contribution in [0.15, 0.2) is 42.7 Å². The van der Waals surface area contributed by atoms with Gasteiger partial charge in [0.1, 0.15) is 23.6 Å². The molecule has 0 spiro atoms. The molecule has 1 saturated heterocycles. The number of carboxylic acid groups (broad SMARTS) is 2. The molecule has 0 saturated carbocycles. The van der Waals surface area contributed by atoms with Gasteiger partial charge in [-0.25, -0.2) is 19.3 Å². The molecule has 3 heterocycles. The molecule has 1 unspecified atom stereocenters. The molecule has 1 fully saturated rings. The Morgan fingerprint density at radius 3 is 2.69 bits per heavy atom. The van der Waals surface area contributed by atoms with E-state index in [4.69, 9.17) is 9.47 Å². The second kappa shape index (κ2) is 7.30. The van der Waals surface area contributed by atoms with Crippen LogP contribution in [0.5, 0.6) is 11.5 Å². The SMILES string of the molecule is COc1ccc2c(OC3C[C@H](C(=O)O)N(C(=O)O)C3)cc(-n3cccn3)nc2c1. The van der Waals surface area contributed by atoms with Crippen molar-refractivity contribution in [1.82, 2.24) is 19.7 Å². The molecule has 0 aliphatic carbocycles. The van der Waals surface area contributed by atoms with Crippen LogP contribution in [0.1, 0.15) is 6.42 Å². The van der Waals surface area contributed by atoms with Gasteiger partial charge >= 0.3 is 12.1 Å². The molecule has 1 amide bonds. The van der Waals surface area contributed by atoms with Gasteiger partial charge in [-0.15, -0.1) is 0 Å². The van der Waals surface area contributed by atoms with E-state index in [1.807, 2.05) is 0 Å². The fraction of sp³-hybridized carbons (Fsp3) is 0.263. The van der Waals surface area contributed by atoms with Crippen molar-refractivity contribution in [2.45, 2.75) is 18.6 Å². The summed E-state index contributed by atoms with van der Waals surface area (Å²) in [6, 6.07) is 7.63. The number of benzene rings is 1. The Kier molecular flexibility index (Phi) is 4.67. The Hall–Kier alpha value is -3.82. The molecule has 0 bridgehead atoms. The lowest BCUT2D eigenvalue weighted by Gasteiger charge is -2.17. The number of aliphatic carboxylic acids is 1. The topological polar surface area (TPSA) is 127 Å². The second-order valence-electron chi connectivity index (χ2n) is 6.58. The summed E-state index contributed by atoms with van der Waals surface area (Å²) in [6.07, 6.45) is 1.52. The van der Waals surface area contributed by atoms with Crippen molar-refractivity contribution in [1.29, 1.82) is 0 Å². The van der Waals surface area contributed by atoms with Gasteiger partial charge in [0, 0.05) is 36.3 Å². The number of aromatic nitrogens is 3. The van der Waals surface area contributed by atoms with E-state index in [1.54, 1.807) is 54.5 Å². The first-order chi connectivity index (χ1) is 14.0. The van der Waals surface area contributed by atoms with Crippen molar-refractivity contribution in [2.24, 2.45) is 0 Å². The van der Waals surface area contributed by atoms with Crippen LogP contribution in [0.4, 0.5) is 4.79 Å². The molecule has 29 heavy (non-hydrogen) atoms. The van der Waals surface area contributed by atoms with Gasteiger partial charge in [0.05, 0.1) is 19.2 Å². The van der Waals surface area contributed by atoms with Gasteiger partial charge in [-0.2, -0.15) is 5.10 Å². The molecule has 4 rings (SSSR count). The Morgan fingerprint density at radius 1 is 1.24 bits per heavy atom. The predicted molar refractivity (Wildman–Crippen MR) is 101 cm³/mol. The van der Waals surface area contributed by atoms with Gasteiger partial charge in [0.2, 0.25) is 0 Å². The van der Waals surface area contributed by atoms with E-state index in [-0.39, 0.29) is 13.0 Å². The van der Waals surface area contributed by atoms with E-state index in [0.29, 0.717) is 28.2 Å². The Bertz CT molecular complexity index is 1050. The monoisotopic (exact) mass is 398 g/mol. The van der Waals surface area contributed by atoms with Crippen molar-refractivity contribution in [3.8, 4) is 17.3 Å². The molecule has 0 radical (unpaired) electrons. The number of nitrogens with zero attached hydrogens (tertiary/aromatic N) is 4. The number of rotatable bonds is 5. The van der Waals surface area contributed by atoms with Gasteiger partial charge in [-0.3, -0.25) is 4.90 Å². The average molecular weight is 398 g/mol. The normalized spacial score (nSPS) is 18.7. The van der Waals surface area contributed by atoms with Crippen LogP contribution in [-0.4, -0.2) is 67.7 Å². The van der Waals surface area contributed by atoms with Gasteiger partial charge in [-0.05, 0) is 18.2 Å². The fourth-order valence-electron chi connectivity index (χ4n) is 3.42. The summed E-state index contributed by atoms with van der Waals surface area (Å²) in [4.78, 5) is 28.3. The number of hydrogen-bond donors (Lipinski definition) is 2. The van der Waals surface area contributed by atoms with Gasteiger partial charge in [-0.1, -0.05) is 0 Å². The molecule has 1 aliphatic rings. The first kappa shape index (κ1) is 18.5. The molecule has 1 aliphatic heterocycles. The first-order valence-corrected chi connectivity index (χ1v) is 8.84. The van der Waals surface area contributed by atoms with E-state index in [1.165, 1.54) is 0 Å². The van der Waals surface area contributed by atoms with Gasteiger partial charge in [0.15, 0.2) is 5.82 Å². The lowest BCUT2D eigenvalue weighted by Crippen LogP contribution is -2.39. The highest BCUT2D eigenvalue weighted by Gasteiger charge is 2.41. The highest BCUT2D eigenvalue weighted by atomic mass is 16.5. The van der Waals surface area contributed by atoms with Crippen molar-refractivity contribution in [3.05, 3.63) is 42.7 Å². The average Bonchev–Trinajstić information content (AvgIpc) is 3.37.